The number of unbranched alkanes of at least 4 members (excludes halogenated alkanes) is 1. The topological polar surface area (TPSA) is 54.7 Å². The van der Waals surface area contributed by atoms with Crippen LogP contribution in [0.1, 0.15) is 18.4 Å². The number of halogens is 3. The SMILES string of the molecule is NCCCCc1c(-c2ncccc2Cl)[nH]c2c(Cl)ccc(Cl)c12. The molecule has 1 aromatic carbocycles. The second kappa shape index (κ2) is 7.10. The Kier molecular flexibility index (Phi) is 5.12. The van der Waals surface area contributed by atoms with E-state index in [1.807, 2.05) is 18.2 Å². The summed E-state index contributed by atoms with van der Waals surface area (Å²) in [6.07, 6.45) is 4.46. The van der Waals surface area contributed by atoms with E-state index in [0.29, 0.717) is 27.3 Å². The van der Waals surface area contributed by atoms with E-state index in [1.54, 1.807) is 12.3 Å². The lowest BCUT2D eigenvalue weighted by Crippen LogP contribution is -1.99. The monoisotopic (exact) mass is 367 g/mol. The highest BCUT2D eigenvalue weighted by Gasteiger charge is 2.19. The van der Waals surface area contributed by atoms with E-state index in [4.69, 9.17) is 40.5 Å². The Balaban J connectivity index is 2.24. The Morgan fingerprint density at radius 2 is 1.78 bits per heavy atom. The first-order valence-electron chi connectivity index (χ1n) is 7.43. The van der Waals surface area contributed by atoms with E-state index in [2.05, 4.69) is 9.97 Å². The molecule has 0 atom stereocenters. The molecule has 0 unspecified atom stereocenters. The molecule has 3 N–H and O–H groups in total. The van der Waals surface area contributed by atoms with Gasteiger partial charge in [0.25, 0.3) is 0 Å². The van der Waals surface area contributed by atoms with Gasteiger partial charge in [-0.1, -0.05) is 34.8 Å². The van der Waals surface area contributed by atoms with Gasteiger partial charge in [0.15, 0.2) is 0 Å². The molecule has 0 saturated carbocycles. The molecule has 23 heavy (non-hydrogen) atoms. The van der Waals surface area contributed by atoms with Gasteiger partial charge in [0.05, 0.1) is 26.3 Å². The van der Waals surface area contributed by atoms with E-state index in [0.717, 1.165) is 41.4 Å². The van der Waals surface area contributed by atoms with E-state index in [1.165, 1.54) is 0 Å². The molecule has 0 aliphatic rings. The second-order valence-corrected chi connectivity index (χ2v) is 6.56. The van der Waals surface area contributed by atoms with Crippen molar-refractivity contribution in [3.8, 4) is 11.4 Å². The average Bonchev–Trinajstić information content (AvgIpc) is 2.92. The summed E-state index contributed by atoms with van der Waals surface area (Å²) < 4.78 is 0. The van der Waals surface area contributed by atoms with Gasteiger partial charge in [-0.15, -0.1) is 0 Å². The summed E-state index contributed by atoms with van der Waals surface area (Å²) in [4.78, 5) is 7.78. The third-order valence-electron chi connectivity index (χ3n) is 3.83. The highest BCUT2D eigenvalue weighted by atomic mass is 35.5. The Bertz CT molecular complexity index is 842. The Labute approximate surface area is 149 Å². The minimum Gasteiger partial charge on any atom is -0.352 e. The van der Waals surface area contributed by atoms with Gasteiger partial charge < -0.3 is 10.7 Å². The van der Waals surface area contributed by atoms with Gasteiger partial charge in [0.1, 0.15) is 5.69 Å². The number of nitrogens with one attached hydrogen (secondary N) is 1. The lowest BCUT2D eigenvalue weighted by atomic mass is 10.0. The maximum Gasteiger partial charge on any atom is 0.105 e. The number of rotatable bonds is 5. The van der Waals surface area contributed by atoms with Gasteiger partial charge >= 0.3 is 0 Å². The van der Waals surface area contributed by atoms with Crippen LogP contribution in [-0.2, 0) is 6.42 Å². The molecule has 0 fully saturated rings. The molecular weight excluding hydrogens is 353 g/mol. The van der Waals surface area contributed by atoms with Crippen molar-refractivity contribution in [1.29, 1.82) is 0 Å². The Hall–Kier alpha value is -1.26. The van der Waals surface area contributed by atoms with Crippen molar-refractivity contribution in [3.05, 3.63) is 51.1 Å². The molecule has 3 aromatic rings. The Morgan fingerprint density at radius 1 is 1.00 bits per heavy atom. The Morgan fingerprint density at radius 3 is 2.52 bits per heavy atom. The molecule has 6 heteroatoms. The first-order valence-corrected chi connectivity index (χ1v) is 8.56. The number of pyridine rings is 1. The van der Waals surface area contributed by atoms with Crippen molar-refractivity contribution >= 4 is 45.7 Å². The van der Waals surface area contributed by atoms with Crippen LogP contribution >= 0.6 is 34.8 Å². The standard InChI is InChI=1S/C17H16Cl3N3/c18-11-6-7-13(20)16-14(11)10(4-1-2-8-21)15(23-16)17-12(19)5-3-9-22-17/h3,5-7,9,23H,1-2,4,8,21H2. The van der Waals surface area contributed by atoms with Crippen LogP contribution in [0.5, 0.6) is 0 Å². The zero-order chi connectivity index (χ0) is 16.4. The fraction of sp³-hybridized carbons (Fsp3) is 0.235. The van der Waals surface area contributed by atoms with E-state index < -0.39 is 0 Å². The largest absolute Gasteiger partial charge is 0.352 e. The molecular formula is C17H16Cl3N3. The minimum atomic E-state index is 0.589. The highest BCUT2D eigenvalue weighted by Crippen LogP contribution is 2.39. The molecule has 0 bridgehead atoms. The van der Waals surface area contributed by atoms with Crippen molar-refractivity contribution in [2.75, 3.05) is 6.54 Å². The van der Waals surface area contributed by atoms with E-state index in [9.17, 15) is 0 Å². The molecule has 0 radical (unpaired) electrons. The van der Waals surface area contributed by atoms with Crippen LogP contribution in [0.3, 0.4) is 0 Å². The van der Waals surface area contributed by atoms with Gasteiger partial charge in [-0.25, -0.2) is 0 Å². The maximum absolute atomic E-state index is 6.43. The van der Waals surface area contributed by atoms with Crippen molar-refractivity contribution in [1.82, 2.24) is 9.97 Å². The van der Waals surface area contributed by atoms with Crippen LogP contribution in [0.25, 0.3) is 22.3 Å². The van der Waals surface area contributed by atoms with Crippen LogP contribution < -0.4 is 5.73 Å². The number of hydrogen-bond donors (Lipinski definition) is 2. The number of nitrogens with zero attached hydrogens (tertiary/aromatic N) is 1. The van der Waals surface area contributed by atoms with Gasteiger partial charge in [-0.2, -0.15) is 0 Å². The number of nitrogens with two attached hydrogens (primary N) is 1. The zero-order valence-electron chi connectivity index (χ0n) is 12.4. The summed E-state index contributed by atoms with van der Waals surface area (Å²) in [7, 11) is 0. The van der Waals surface area contributed by atoms with Gasteiger partial charge in [0.2, 0.25) is 0 Å². The highest BCUT2D eigenvalue weighted by molar-refractivity contribution is 6.40. The zero-order valence-corrected chi connectivity index (χ0v) is 14.6. The number of hydrogen-bond acceptors (Lipinski definition) is 2. The minimum absolute atomic E-state index is 0.589. The molecule has 120 valence electrons. The molecule has 0 aliphatic heterocycles. The van der Waals surface area contributed by atoms with E-state index in [-0.39, 0.29) is 0 Å². The van der Waals surface area contributed by atoms with Crippen molar-refractivity contribution in [2.24, 2.45) is 5.73 Å². The van der Waals surface area contributed by atoms with Crippen LogP contribution in [0.2, 0.25) is 15.1 Å². The van der Waals surface area contributed by atoms with Crippen LogP contribution in [0.15, 0.2) is 30.5 Å². The second-order valence-electron chi connectivity index (χ2n) is 5.34. The number of H-pyrrole nitrogens is 1. The molecule has 0 aliphatic carbocycles. The molecule has 0 saturated heterocycles. The van der Waals surface area contributed by atoms with Crippen molar-refractivity contribution in [3.63, 3.8) is 0 Å². The predicted molar refractivity (Wildman–Crippen MR) is 98.6 cm³/mol. The molecule has 3 nitrogen and oxygen atoms in total. The lowest BCUT2D eigenvalue weighted by Gasteiger charge is -2.06. The first kappa shape index (κ1) is 16.6. The molecule has 2 heterocycles. The number of aromatic amines is 1. The summed E-state index contributed by atoms with van der Waals surface area (Å²) in [6.45, 7) is 0.663. The van der Waals surface area contributed by atoms with Gasteiger partial charge in [-0.3, -0.25) is 4.98 Å². The molecule has 0 spiro atoms. The maximum atomic E-state index is 6.43. The fourth-order valence-electron chi connectivity index (χ4n) is 2.76. The van der Waals surface area contributed by atoms with Crippen LogP contribution in [-0.4, -0.2) is 16.5 Å². The number of benzene rings is 1. The van der Waals surface area contributed by atoms with E-state index >= 15 is 0 Å². The fourth-order valence-corrected chi connectivity index (χ4v) is 3.45. The first-order chi connectivity index (χ1) is 11.1. The average molecular weight is 369 g/mol. The van der Waals surface area contributed by atoms with Crippen molar-refractivity contribution in [2.45, 2.75) is 19.3 Å². The molecule has 3 rings (SSSR count). The summed E-state index contributed by atoms with van der Waals surface area (Å²) in [5.41, 5.74) is 9.10. The lowest BCUT2D eigenvalue weighted by molar-refractivity contribution is 0.748. The smallest absolute Gasteiger partial charge is 0.105 e. The van der Waals surface area contributed by atoms with Gasteiger partial charge in [-0.05, 0) is 55.6 Å². The third kappa shape index (κ3) is 3.20. The van der Waals surface area contributed by atoms with Crippen LogP contribution in [0, 0.1) is 0 Å². The van der Waals surface area contributed by atoms with Crippen LogP contribution in [0.4, 0.5) is 0 Å². The number of fused-ring (bicyclic) bond motifs is 1. The quantitative estimate of drug-likeness (QED) is 0.586. The summed E-state index contributed by atoms with van der Waals surface area (Å²) >= 11 is 19.1. The number of aromatic nitrogens is 2. The summed E-state index contributed by atoms with van der Waals surface area (Å²) in [5, 5.41) is 2.82. The summed E-state index contributed by atoms with van der Waals surface area (Å²) in [6, 6.07) is 7.23. The third-order valence-corrected chi connectivity index (χ3v) is 4.77. The van der Waals surface area contributed by atoms with Gasteiger partial charge in [0, 0.05) is 11.6 Å². The predicted octanol–water partition coefficient (Wildman–Crippen LogP) is 5.47. The molecule has 2 aromatic heterocycles. The summed E-state index contributed by atoms with van der Waals surface area (Å²) in [5.74, 6) is 0. The van der Waals surface area contributed by atoms with Crippen molar-refractivity contribution < 1.29 is 0 Å². The molecule has 0 amide bonds. The normalized spacial score (nSPS) is 11.3. The number of aryl methyl sites for hydroxylation is 1.